The molecule has 0 N–H and O–H groups in total. The fourth-order valence-electron chi connectivity index (χ4n) is 1.67. The maximum absolute atomic E-state index is 11.7. The van der Waals surface area contributed by atoms with Gasteiger partial charge in [0.15, 0.2) is 0 Å². The smallest absolute Gasteiger partial charge is 0.237 e. The number of benzene rings is 1. The van der Waals surface area contributed by atoms with Gasteiger partial charge in [0, 0.05) is 15.9 Å². The molecule has 1 unspecified atom stereocenters. The Morgan fingerprint density at radius 1 is 1.40 bits per heavy atom. The molecule has 1 fully saturated rings. The second-order valence-corrected chi connectivity index (χ2v) is 4.90. The minimum atomic E-state index is -0.185. The number of anilines is 1. The number of halogens is 1. The van der Waals surface area contributed by atoms with Gasteiger partial charge in [-0.25, -0.2) is 0 Å². The van der Waals surface area contributed by atoms with Gasteiger partial charge in [-0.3, -0.25) is 14.5 Å². The molecule has 78 valence electrons. The van der Waals surface area contributed by atoms with Gasteiger partial charge < -0.3 is 0 Å². The molecule has 1 aliphatic heterocycles. The van der Waals surface area contributed by atoms with Crippen LogP contribution in [0.4, 0.5) is 5.69 Å². The second kappa shape index (κ2) is 3.92. The van der Waals surface area contributed by atoms with Crippen LogP contribution in [0.2, 0.25) is 0 Å². The van der Waals surface area contributed by atoms with E-state index in [-0.39, 0.29) is 17.7 Å². The van der Waals surface area contributed by atoms with Crippen LogP contribution in [0.15, 0.2) is 24.3 Å². The molecule has 2 rings (SSSR count). The minimum Gasteiger partial charge on any atom is -0.274 e. The van der Waals surface area contributed by atoms with Gasteiger partial charge in [-0.1, -0.05) is 13.0 Å². The summed E-state index contributed by atoms with van der Waals surface area (Å²) in [6.07, 6.45) is 0.324. The standard InChI is InChI=1S/C11H10INO2/c1-7-5-10(14)13(11(7)15)9-4-2-3-8(12)6-9/h2-4,6-7H,5H2,1H3. The molecule has 1 aliphatic rings. The molecule has 0 spiro atoms. The van der Waals surface area contributed by atoms with Gasteiger partial charge >= 0.3 is 0 Å². The summed E-state index contributed by atoms with van der Waals surface area (Å²) in [6, 6.07) is 7.41. The van der Waals surface area contributed by atoms with Crippen molar-refractivity contribution < 1.29 is 9.59 Å². The van der Waals surface area contributed by atoms with Crippen LogP contribution < -0.4 is 4.90 Å². The lowest BCUT2D eigenvalue weighted by Crippen LogP contribution is -2.29. The summed E-state index contributed by atoms with van der Waals surface area (Å²) >= 11 is 2.16. The molecule has 15 heavy (non-hydrogen) atoms. The maximum Gasteiger partial charge on any atom is 0.237 e. The highest BCUT2D eigenvalue weighted by atomic mass is 127. The molecule has 0 radical (unpaired) electrons. The van der Waals surface area contributed by atoms with Gasteiger partial charge in [-0.15, -0.1) is 0 Å². The number of carbonyl (C=O) groups is 2. The minimum absolute atomic E-state index is 0.0954. The molecule has 0 saturated carbocycles. The van der Waals surface area contributed by atoms with E-state index in [1.54, 1.807) is 13.0 Å². The van der Waals surface area contributed by atoms with E-state index in [1.807, 2.05) is 18.2 Å². The van der Waals surface area contributed by atoms with Crippen LogP contribution in [0.3, 0.4) is 0 Å². The molecule has 1 atom stereocenters. The lowest BCUT2D eigenvalue weighted by atomic mass is 10.1. The third-order valence-electron chi connectivity index (χ3n) is 2.44. The molecule has 2 amide bonds. The van der Waals surface area contributed by atoms with Crippen molar-refractivity contribution in [1.82, 2.24) is 0 Å². The number of imide groups is 1. The highest BCUT2D eigenvalue weighted by Crippen LogP contribution is 2.26. The van der Waals surface area contributed by atoms with Crippen LogP contribution in [0, 0.1) is 9.49 Å². The first kappa shape index (κ1) is 10.6. The Labute approximate surface area is 102 Å². The molecule has 3 nitrogen and oxygen atoms in total. The zero-order valence-corrected chi connectivity index (χ0v) is 10.4. The van der Waals surface area contributed by atoms with Crippen molar-refractivity contribution in [3.63, 3.8) is 0 Å². The Hall–Kier alpha value is -0.910. The summed E-state index contributed by atoms with van der Waals surface area (Å²) in [6.45, 7) is 1.79. The summed E-state index contributed by atoms with van der Waals surface area (Å²) in [4.78, 5) is 24.6. The van der Waals surface area contributed by atoms with Crippen molar-refractivity contribution in [3.05, 3.63) is 27.8 Å². The lowest BCUT2D eigenvalue weighted by molar-refractivity contribution is -0.122. The third-order valence-corrected chi connectivity index (χ3v) is 3.11. The Bertz CT molecular complexity index is 430. The van der Waals surface area contributed by atoms with Gasteiger partial charge in [-0.05, 0) is 40.8 Å². The van der Waals surface area contributed by atoms with Crippen molar-refractivity contribution >= 4 is 40.1 Å². The summed E-state index contributed by atoms with van der Waals surface area (Å²) < 4.78 is 1.02. The number of carbonyl (C=O) groups excluding carboxylic acids is 2. The first-order valence-electron chi connectivity index (χ1n) is 4.72. The molecule has 0 aliphatic carbocycles. The molecular weight excluding hydrogens is 305 g/mol. The Balaban J connectivity index is 2.39. The monoisotopic (exact) mass is 315 g/mol. The topological polar surface area (TPSA) is 37.4 Å². The molecular formula is C11H10INO2. The van der Waals surface area contributed by atoms with Crippen LogP contribution in [0.25, 0.3) is 0 Å². The van der Waals surface area contributed by atoms with Gasteiger partial charge in [0.2, 0.25) is 11.8 Å². The van der Waals surface area contributed by atoms with Crippen LogP contribution in [-0.4, -0.2) is 11.8 Å². The Kier molecular flexibility index (Phi) is 2.77. The molecule has 1 heterocycles. The van der Waals surface area contributed by atoms with Crippen molar-refractivity contribution in [2.75, 3.05) is 4.90 Å². The first-order chi connectivity index (χ1) is 7.09. The molecule has 1 saturated heterocycles. The van der Waals surface area contributed by atoms with E-state index in [2.05, 4.69) is 22.6 Å². The Morgan fingerprint density at radius 2 is 2.13 bits per heavy atom. The number of amides is 2. The largest absolute Gasteiger partial charge is 0.274 e. The fraction of sp³-hybridized carbons (Fsp3) is 0.273. The van der Waals surface area contributed by atoms with Crippen LogP contribution in [-0.2, 0) is 9.59 Å². The number of hydrogen-bond donors (Lipinski definition) is 0. The zero-order valence-electron chi connectivity index (χ0n) is 8.24. The molecule has 1 aromatic carbocycles. The normalized spacial score (nSPS) is 21.2. The van der Waals surface area contributed by atoms with Gasteiger partial charge in [0.25, 0.3) is 0 Å². The first-order valence-corrected chi connectivity index (χ1v) is 5.80. The van der Waals surface area contributed by atoms with Gasteiger partial charge in [0.05, 0.1) is 5.69 Å². The van der Waals surface area contributed by atoms with E-state index >= 15 is 0 Å². The summed E-state index contributed by atoms with van der Waals surface area (Å²) in [5.41, 5.74) is 0.682. The van der Waals surface area contributed by atoms with Crippen LogP contribution in [0.1, 0.15) is 13.3 Å². The fourth-order valence-corrected chi connectivity index (χ4v) is 2.20. The highest BCUT2D eigenvalue weighted by Gasteiger charge is 2.36. The van der Waals surface area contributed by atoms with E-state index in [1.165, 1.54) is 4.90 Å². The lowest BCUT2D eigenvalue weighted by Gasteiger charge is -2.14. The van der Waals surface area contributed by atoms with E-state index in [4.69, 9.17) is 0 Å². The van der Waals surface area contributed by atoms with E-state index < -0.39 is 0 Å². The SMILES string of the molecule is CC1CC(=O)N(c2cccc(I)c2)C1=O. The number of rotatable bonds is 1. The van der Waals surface area contributed by atoms with E-state index in [9.17, 15) is 9.59 Å². The second-order valence-electron chi connectivity index (χ2n) is 3.65. The highest BCUT2D eigenvalue weighted by molar-refractivity contribution is 14.1. The predicted molar refractivity (Wildman–Crippen MR) is 65.4 cm³/mol. The number of nitrogens with zero attached hydrogens (tertiary/aromatic N) is 1. The average Bonchev–Trinajstić information content (AvgIpc) is 2.41. The molecule has 1 aromatic rings. The predicted octanol–water partition coefficient (Wildman–Crippen LogP) is 2.19. The third kappa shape index (κ3) is 1.90. The van der Waals surface area contributed by atoms with Crippen molar-refractivity contribution in [2.24, 2.45) is 5.92 Å². The van der Waals surface area contributed by atoms with Crippen molar-refractivity contribution in [3.8, 4) is 0 Å². The quantitative estimate of drug-likeness (QED) is 0.588. The van der Waals surface area contributed by atoms with Crippen LogP contribution in [0.5, 0.6) is 0 Å². The summed E-state index contributed by atoms with van der Waals surface area (Å²) in [7, 11) is 0. The summed E-state index contributed by atoms with van der Waals surface area (Å²) in [5.74, 6) is -0.383. The Morgan fingerprint density at radius 3 is 2.67 bits per heavy atom. The molecule has 4 heteroatoms. The van der Waals surface area contributed by atoms with Crippen molar-refractivity contribution in [1.29, 1.82) is 0 Å². The maximum atomic E-state index is 11.7. The van der Waals surface area contributed by atoms with Crippen LogP contribution >= 0.6 is 22.6 Å². The summed E-state index contributed by atoms with van der Waals surface area (Å²) in [5, 5.41) is 0. The van der Waals surface area contributed by atoms with E-state index in [0.29, 0.717) is 12.1 Å². The van der Waals surface area contributed by atoms with Crippen molar-refractivity contribution in [2.45, 2.75) is 13.3 Å². The van der Waals surface area contributed by atoms with Gasteiger partial charge in [-0.2, -0.15) is 0 Å². The zero-order chi connectivity index (χ0) is 11.0. The van der Waals surface area contributed by atoms with E-state index in [0.717, 1.165) is 3.57 Å². The molecule has 0 bridgehead atoms. The molecule has 0 aromatic heterocycles. The number of hydrogen-bond acceptors (Lipinski definition) is 2. The average molecular weight is 315 g/mol. The van der Waals surface area contributed by atoms with Gasteiger partial charge in [0.1, 0.15) is 0 Å².